The summed E-state index contributed by atoms with van der Waals surface area (Å²) in [7, 11) is 1.47. The van der Waals surface area contributed by atoms with Crippen LogP contribution >= 0.6 is 22.9 Å². The first-order valence-electron chi connectivity index (χ1n) is 11.4. The number of hydrogen-bond acceptors (Lipinski definition) is 9. The van der Waals surface area contributed by atoms with Gasteiger partial charge in [-0.3, -0.25) is 4.79 Å². The van der Waals surface area contributed by atoms with Crippen molar-refractivity contribution < 1.29 is 23.5 Å². The Bertz CT molecular complexity index is 1260. The highest BCUT2D eigenvalue weighted by atomic mass is 35.5. The standard InChI is InChI=1S/C24H23ClFN5O4S/c1-33-22-23(28-8-7-27-22)34-12-20(32)31-9-5-14(6-10-31)24-29-18(13-36-24)17-11-19(35-30-17)21-15(25)3-2-4-16(21)26/h2-4,7-8,13-14,19H,5-6,9-12H2,1H3. The Kier molecular flexibility index (Phi) is 7.28. The number of piperidine rings is 1. The highest BCUT2D eigenvalue weighted by Crippen LogP contribution is 2.37. The lowest BCUT2D eigenvalue weighted by Crippen LogP contribution is -2.40. The van der Waals surface area contributed by atoms with Gasteiger partial charge in [-0.05, 0) is 25.0 Å². The Labute approximate surface area is 215 Å². The smallest absolute Gasteiger partial charge is 0.278 e. The summed E-state index contributed by atoms with van der Waals surface area (Å²) in [5.74, 6) is 0.149. The Morgan fingerprint density at radius 1 is 1.25 bits per heavy atom. The Morgan fingerprint density at radius 3 is 2.78 bits per heavy atom. The van der Waals surface area contributed by atoms with E-state index < -0.39 is 11.9 Å². The van der Waals surface area contributed by atoms with Gasteiger partial charge in [0.25, 0.3) is 17.7 Å². The maximum absolute atomic E-state index is 14.3. The number of aromatic nitrogens is 3. The van der Waals surface area contributed by atoms with E-state index in [0.717, 1.165) is 23.5 Å². The first-order valence-corrected chi connectivity index (χ1v) is 12.7. The molecule has 1 fully saturated rings. The van der Waals surface area contributed by atoms with Crippen LogP contribution in [0.2, 0.25) is 5.02 Å². The van der Waals surface area contributed by atoms with E-state index in [-0.39, 0.29) is 30.2 Å². The van der Waals surface area contributed by atoms with Crippen LogP contribution < -0.4 is 9.47 Å². The summed E-state index contributed by atoms with van der Waals surface area (Å²) in [6, 6.07) is 4.56. The van der Waals surface area contributed by atoms with Crippen molar-refractivity contribution >= 4 is 34.6 Å². The summed E-state index contributed by atoms with van der Waals surface area (Å²) < 4.78 is 24.9. The number of amides is 1. The second-order valence-corrected chi connectivity index (χ2v) is 9.65. The number of halogens is 2. The molecule has 2 aliphatic heterocycles. The van der Waals surface area contributed by atoms with E-state index in [2.05, 4.69) is 15.1 Å². The van der Waals surface area contributed by atoms with Crippen molar-refractivity contribution in [1.82, 2.24) is 19.9 Å². The van der Waals surface area contributed by atoms with Gasteiger partial charge in [0, 0.05) is 48.8 Å². The van der Waals surface area contributed by atoms with Crippen molar-refractivity contribution in [2.24, 2.45) is 5.16 Å². The zero-order valence-corrected chi connectivity index (χ0v) is 21.0. The topological polar surface area (TPSA) is 99.0 Å². The molecule has 0 spiro atoms. The predicted octanol–water partition coefficient (Wildman–Crippen LogP) is 4.38. The quantitative estimate of drug-likeness (QED) is 0.446. The minimum absolute atomic E-state index is 0.115. The number of benzene rings is 1. The number of rotatable bonds is 7. The molecule has 0 aliphatic carbocycles. The average Bonchev–Trinajstić information content (AvgIpc) is 3.58. The predicted molar refractivity (Wildman–Crippen MR) is 131 cm³/mol. The molecule has 1 aromatic carbocycles. The van der Waals surface area contributed by atoms with Gasteiger partial charge in [-0.25, -0.2) is 19.3 Å². The molecule has 1 atom stereocenters. The van der Waals surface area contributed by atoms with Crippen molar-refractivity contribution in [2.75, 3.05) is 26.8 Å². The van der Waals surface area contributed by atoms with Crippen LogP contribution in [0.15, 0.2) is 41.1 Å². The molecule has 2 aliphatic rings. The molecular formula is C24H23ClFN5O4S. The number of thiazole rings is 1. The van der Waals surface area contributed by atoms with Gasteiger partial charge in [-0.1, -0.05) is 22.8 Å². The van der Waals surface area contributed by atoms with Crippen molar-refractivity contribution in [3.8, 4) is 11.8 Å². The molecule has 0 bridgehead atoms. The van der Waals surface area contributed by atoms with E-state index in [1.165, 1.54) is 25.6 Å². The molecule has 0 saturated carbocycles. The molecule has 5 rings (SSSR count). The van der Waals surface area contributed by atoms with Crippen LogP contribution in [0, 0.1) is 5.82 Å². The maximum Gasteiger partial charge on any atom is 0.278 e. The van der Waals surface area contributed by atoms with Gasteiger partial charge in [-0.15, -0.1) is 11.3 Å². The van der Waals surface area contributed by atoms with Gasteiger partial charge in [0.1, 0.15) is 11.5 Å². The third kappa shape index (κ3) is 5.12. The lowest BCUT2D eigenvalue weighted by Gasteiger charge is -2.31. The van der Waals surface area contributed by atoms with E-state index in [1.807, 2.05) is 5.38 Å². The van der Waals surface area contributed by atoms with E-state index in [9.17, 15) is 9.18 Å². The monoisotopic (exact) mass is 531 g/mol. The van der Waals surface area contributed by atoms with Gasteiger partial charge in [-0.2, -0.15) is 0 Å². The van der Waals surface area contributed by atoms with Crippen LogP contribution in [0.3, 0.4) is 0 Å². The van der Waals surface area contributed by atoms with E-state index >= 15 is 0 Å². The van der Waals surface area contributed by atoms with Crippen LogP contribution in [0.4, 0.5) is 4.39 Å². The summed E-state index contributed by atoms with van der Waals surface area (Å²) in [6.45, 7) is 1.09. The van der Waals surface area contributed by atoms with Crippen LogP contribution in [-0.2, 0) is 9.63 Å². The molecule has 3 aromatic rings. The third-order valence-corrected chi connectivity index (χ3v) is 7.50. The summed E-state index contributed by atoms with van der Waals surface area (Å²) in [6.07, 6.45) is 4.39. The minimum atomic E-state index is -0.572. The zero-order chi connectivity index (χ0) is 25.1. The van der Waals surface area contributed by atoms with E-state index in [4.69, 9.17) is 30.9 Å². The lowest BCUT2D eigenvalue weighted by atomic mass is 9.97. The number of ether oxygens (including phenoxy) is 2. The van der Waals surface area contributed by atoms with Gasteiger partial charge < -0.3 is 19.2 Å². The highest BCUT2D eigenvalue weighted by molar-refractivity contribution is 7.10. The summed E-state index contributed by atoms with van der Waals surface area (Å²) in [5.41, 5.74) is 1.72. The minimum Gasteiger partial charge on any atom is -0.477 e. The number of carbonyl (C=O) groups is 1. The molecule has 9 nitrogen and oxygen atoms in total. The lowest BCUT2D eigenvalue weighted by molar-refractivity contribution is -0.134. The van der Waals surface area contributed by atoms with E-state index in [1.54, 1.807) is 28.4 Å². The number of likely N-dealkylation sites (tertiary alicyclic amines) is 1. The Balaban J connectivity index is 1.14. The van der Waals surface area contributed by atoms with E-state index in [0.29, 0.717) is 35.8 Å². The SMILES string of the molecule is COc1nccnc1OCC(=O)N1CCC(c2nc(C3=NOC(c4c(F)cccc4Cl)C3)cs2)CC1. The first kappa shape index (κ1) is 24.4. The van der Waals surface area contributed by atoms with Crippen molar-refractivity contribution in [3.05, 3.63) is 63.1 Å². The molecule has 1 amide bonds. The molecule has 4 heterocycles. The fourth-order valence-electron chi connectivity index (χ4n) is 4.26. The first-order chi connectivity index (χ1) is 17.5. The number of carbonyl (C=O) groups excluding carboxylic acids is 1. The van der Waals surface area contributed by atoms with Gasteiger partial charge >= 0.3 is 0 Å². The van der Waals surface area contributed by atoms with Crippen molar-refractivity contribution in [3.63, 3.8) is 0 Å². The number of nitrogens with zero attached hydrogens (tertiary/aromatic N) is 5. The zero-order valence-electron chi connectivity index (χ0n) is 19.4. The van der Waals surface area contributed by atoms with Crippen LogP contribution in [0.1, 0.15) is 47.5 Å². The van der Waals surface area contributed by atoms with Crippen LogP contribution in [-0.4, -0.2) is 58.3 Å². The highest BCUT2D eigenvalue weighted by Gasteiger charge is 2.31. The number of oxime groups is 1. The number of hydrogen-bond donors (Lipinski definition) is 0. The molecule has 12 heteroatoms. The van der Waals surface area contributed by atoms with Crippen molar-refractivity contribution in [1.29, 1.82) is 0 Å². The van der Waals surface area contributed by atoms with Gasteiger partial charge in [0.05, 0.1) is 22.8 Å². The van der Waals surface area contributed by atoms with Crippen LogP contribution in [0.5, 0.6) is 11.8 Å². The molecular weight excluding hydrogens is 509 g/mol. The summed E-state index contributed by atoms with van der Waals surface area (Å²) in [5, 5.41) is 7.41. The fourth-order valence-corrected chi connectivity index (χ4v) is 5.54. The summed E-state index contributed by atoms with van der Waals surface area (Å²) in [4.78, 5) is 32.7. The molecule has 188 valence electrons. The Hall–Kier alpha value is -3.31. The maximum atomic E-state index is 14.3. The molecule has 1 saturated heterocycles. The normalized spacial score (nSPS) is 18.0. The third-order valence-electron chi connectivity index (χ3n) is 6.16. The van der Waals surface area contributed by atoms with Crippen LogP contribution in [0.25, 0.3) is 0 Å². The van der Waals surface area contributed by atoms with Gasteiger partial charge in [0.15, 0.2) is 12.7 Å². The molecule has 0 radical (unpaired) electrons. The fraction of sp³-hybridized carbons (Fsp3) is 0.375. The second kappa shape index (κ2) is 10.8. The molecule has 1 unspecified atom stereocenters. The number of methoxy groups -OCH3 is 1. The molecule has 36 heavy (non-hydrogen) atoms. The second-order valence-electron chi connectivity index (χ2n) is 8.36. The Morgan fingerprint density at radius 2 is 2.03 bits per heavy atom. The largest absolute Gasteiger partial charge is 0.477 e. The van der Waals surface area contributed by atoms with Crippen molar-refractivity contribution in [2.45, 2.75) is 31.3 Å². The average molecular weight is 532 g/mol. The van der Waals surface area contributed by atoms with Gasteiger partial charge in [0.2, 0.25) is 0 Å². The molecule has 2 aromatic heterocycles. The summed E-state index contributed by atoms with van der Waals surface area (Å²) >= 11 is 7.74. The molecule has 0 N–H and O–H groups in total.